The molecule has 2 nitrogen and oxygen atoms in total. The minimum atomic E-state index is -0.546. The number of rotatable bonds is 3. The molecule has 1 aromatic rings. The summed E-state index contributed by atoms with van der Waals surface area (Å²) in [5.74, 6) is 0.694. The maximum Gasteiger partial charge on any atom is 0.0965 e. The first kappa shape index (κ1) is 10.7. The molecule has 2 heteroatoms. The lowest BCUT2D eigenvalue weighted by Gasteiger charge is -2.46. The first-order valence-corrected chi connectivity index (χ1v) is 5.61. The van der Waals surface area contributed by atoms with Crippen LogP contribution in [0, 0.1) is 5.92 Å². The van der Waals surface area contributed by atoms with Crippen LogP contribution in [0.2, 0.25) is 0 Å². The van der Waals surface area contributed by atoms with Crippen molar-refractivity contribution in [2.75, 3.05) is 13.1 Å². The summed E-state index contributed by atoms with van der Waals surface area (Å²) in [4.78, 5) is 0. The molecule has 2 rings (SSSR count). The molecule has 82 valence electrons. The number of benzene rings is 1. The molecule has 1 atom stereocenters. The van der Waals surface area contributed by atoms with Crippen LogP contribution in [-0.4, -0.2) is 23.8 Å². The zero-order valence-corrected chi connectivity index (χ0v) is 9.40. The van der Waals surface area contributed by atoms with Gasteiger partial charge in [-0.25, -0.2) is 0 Å². The van der Waals surface area contributed by atoms with E-state index in [9.17, 15) is 5.11 Å². The van der Waals surface area contributed by atoms with Crippen molar-refractivity contribution in [3.8, 4) is 0 Å². The van der Waals surface area contributed by atoms with E-state index in [1.165, 1.54) is 5.56 Å². The van der Waals surface area contributed by atoms with Crippen LogP contribution in [0.15, 0.2) is 30.3 Å². The van der Waals surface area contributed by atoms with Crippen LogP contribution >= 0.6 is 0 Å². The molecule has 2 N–H and O–H groups in total. The SMILES string of the molecule is CC(C)C(c1ccccc1)C1(O)CNC1. The Hall–Kier alpha value is -0.860. The summed E-state index contributed by atoms with van der Waals surface area (Å²) in [7, 11) is 0. The average Bonchev–Trinajstić information content (AvgIpc) is 2.16. The van der Waals surface area contributed by atoms with Crippen LogP contribution in [-0.2, 0) is 0 Å². The summed E-state index contributed by atoms with van der Waals surface area (Å²) >= 11 is 0. The lowest BCUT2D eigenvalue weighted by molar-refractivity contribution is -0.0469. The first-order valence-electron chi connectivity index (χ1n) is 5.61. The van der Waals surface area contributed by atoms with E-state index < -0.39 is 5.60 Å². The molecule has 0 saturated carbocycles. The largest absolute Gasteiger partial charge is 0.387 e. The van der Waals surface area contributed by atoms with E-state index in [0.717, 1.165) is 0 Å². The third-order valence-electron chi connectivity index (χ3n) is 3.27. The van der Waals surface area contributed by atoms with Crippen molar-refractivity contribution in [2.24, 2.45) is 5.92 Å². The fraction of sp³-hybridized carbons (Fsp3) is 0.538. The molecule has 0 spiro atoms. The Morgan fingerprint density at radius 3 is 2.20 bits per heavy atom. The monoisotopic (exact) mass is 205 g/mol. The number of hydrogen-bond donors (Lipinski definition) is 2. The van der Waals surface area contributed by atoms with E-state index in [0.29, 0.717) is 19.0 Å². The minimum Gasteiger partial charge on any atom is -0.387 e. The molecular weight excluding hydrogens is 186 g/mol. The van der Waals surface area contributed by atoms with Gasteiger partial charge in [-0.15, -0.1) is 0 Å². The van der Waals surface area contributed by atoms with Gasteiger partial charge in [-0.3, -0.25) is 0 Å². The molecule has 0 radical (unpaired) electrons. The van der Waals surface area contributed by atoms with E-state index in [2.05, 4.69) is 31.3 Å². The number of hydrogen-bond acceptors (Lipinski definition) is 2. The van der Waals surface area contributed by atoms with Gasteiger partial charge in [-0.1, -0.05) is 44.2 Å². The normalized spacial score (nSPS) is 21.1. The second-order valence-corrected chi connectivity index (χ2v) is 4.84. The molecule has 1 fully saturated rings. The van der Waals surface area contributed by atoms with Crippen molar-refractivity contribution in [2.45, 2.75) is 25.4 Å². The molecule has 1 aromatic carbocycles. The lowest BCUT2D eigenvalue weighted by Crippen LogP contribution is -2.63. The Kier molecular flexibility index (Phi) is 2.81. The zero-order chi connectivity index (χ0) is 10.9. The van der Waals surface area contributed by atoms with Gasteiger partial charge in [0.1, 0.15) is 0 Å². The van der Waals surface area contributed by atoms with Crippen LogP contribution in [0.3, 0.4) is 0 Å². The third-order valence-corrected chi connectivity index (χ3v) is 3.27. The van der Waals surface area contributed by atoms with Crippen molar-refractivity contribution in [1.29, 1.82) is 0 Å². The summed E-state index contributed by atoms with van der Waals surface area (Å²) in [5, 5.41) is 13.6. The van der Waals surface area contributed by atoms with Crippen LogP contribution in [0.5, 0.6) is 0 Å². The van der Waals surface area contributed by atoms with Gasteiger partial charge in [0.05, 0.1) is 5.60 Å². The Labute approximate surface area is 91.3 Å². The maximum atomic E-state index is 10.4. The highest BCUT2D eigenvalue weighted by atomic mass is 16.3. The van der Waals surface area contributed by atoms with Crippen LogP contribution < -0.4 is 5.32 Å². The second-order valence-electron chi connectivity index (χ2n) is 4.84. The van der Waals surface area contributed by atoms with E-state index >= 15 is 0 Å². The summed E-state index contributed by atoms with van der Waals surface area (Å²) in [6, 6.07) is 10.3. The van der Waals surface area contributed by atoms with Crippen LogP contribution in [0.1, 0.15) is 25.3 Å². The van der Waals surface area contributed by atoms with Gasteiger partial charge in [0.2, 0.25) is 0 Å². The zero-order valence-electron chi connectivity index (χ0n) is 9.40. The predicted octanol–water partition coefficient (Wildman–Crippen LogP) is 1.76. The molecule has 1 heterocycles. The van der Waals surface area contributed by atoms with Gasteiger partial charge >= 0.3 is 0 Å². The van der Waals surface area contributed by atoms with Crippen molar-refractivity contribution in [3.63, 3.8) is 0 Å². The van der Waals surface area contributed by atoms with Gasteiger partial charge in [-0.2, -0.15) is 0 Å². The molecule has 0 aromatic heterocycles. The quantitative estimate of drug-likeness (QED) is 0.788. The average molecular weight is 205 g/mol. The third kappa shape index (κ3) is 1.92. The standard InChI is InChI=1S/C13H19NO/c1-10(2)12(13(15)8-14-9-13)11-6-4-3-5-7-11/h3-7,10,12,14-15H,8-9H2,1-2H3. The highest BCUT2D eigenvalue weighted by molar-refractivity contribution is 5.25. The Morgan fingerprint density at radius 2 is 1.80 bits per heavy atom. The molecule has 0 amide bonds. The van der Waals surface area contributed by atoms with Crippen molar-refractivity contribution in [3.05, 3.63) is 35.9 Å². The maximum absolute atomic E-state index is 10.4. The molecule has 1 saturated heterocycles. The fourth-order valence-corrected chi connectivity index (χ4v) is 2.58. The fourth-order valence-electron chi connectivity index (χ4n) is 2.58. The molecule has 0 bridgehead atoms. The van der Waals surface area contributed by atoms with Gasteiger partial charge in [0, 0.05) is 19.0 Å². The van der Waals surface area contributed by atoms with Gasteiger partial charge < -0.3 is 10.4 Å². The van der Waals surface area contributed by atoms with Crippen LogP contribution in [0.25, 0.3) is 0 Å². The van der Waals surface area contributed by atoms with Crippen molar-refractivity contribution < 1.29 is 5.11 Å². The summed E-state index contributed by atoms with van der Waals surface area (Å²) < 4.78 is 0. The van der Waals surface area contributed by atoms with E-state index in [1.807, 2.05) is 18.2 Å². The van der Waals surface area contributed by atoms with E-state index in [-0.39, 0.29) is 5.92 Å². The number of β-amino-alcohol motifs (C(OH)–C–C–N with tert-alkyl or cyclic N) is 1. The molecule has 1 unspecified atom stereocenters. The van der Waals surface area contributed by atoms with E-state index in [4.69, 9.17) is 0 Å². The number of nitrogens with one attached hydrogen (secondary N) is 1. The second kappa shape index (κ2) is 3.95. The highest BCUT2D eigenvalue weighted by Crippen LogP contribution is 2.37. The smallest absolute Gasteiger partial charge is 0.0965 e. The topological polar surface area (TPSA) is 32.3 Å². The van der Waals surface area contributed by atoms with Crippen molar-refractivity contribution in [1.82, 2.24) is 5.32 Å². The minimum absolute atomic E-state index is 0.236. The first-order chi connectivity index (χ1) is 7.13. The molecule has 15 heavy (non-hydrogen) atoms. The van der Waals surface area contributed by atoms with Gasteiger partial charge in [0.15, 0.2) is 0 Å². The van der Waals surface area contributed by atoms with E-state index in [1.54, 1.807) is 0 Å². The summed E-state index contributed by atoms with van der Waals surface area (Å²) in [6.07, 6.45) is 0. The Balaban J connectivity index is 2.28. The van der Waals surface area contributed by atoms with Gasteiger partial charge in [0.25, 0.3) is 0 Å². The molecule has 1 aliphatic rings. The lowest BCUT2D eigenvalue weighted by atomic mass is 9.72. The van der Waals surface area contributed by atoms with Crippen LogP contribution in [0.4, 0.5) is 0 Å². The predicted molar refractivity (Wildman–Crippen MR) is 61.8 cm³/mol. The molecular formula is C13H19NO. The highest BCUT2D eigenvalue weighted by Gasteiger charge is 2.44. The summed E-state index contributed by atoms with van der Waals surface area (Å²) in [6.45, 7) is 5.78. The van der Waals surface area contributed by atoms with Crippen molar-refractivity contribution >= 4 is 0 Å². The Bertz CT molecular complexity index is 317. The number of aliphatic hydroxyl groups is 1. The van der Waals surface area contributed by atoms with Gasteiger partial charge in [-0.05, 0) is 11.5 Å². The molecule has 1 aliphatic heterocycles. The molecule has 0 aliphatic carbocycles. The Morgan fingerprint density at radius 1 is 1.20 bits per heavy atom. The summed E-state index contributed by atoms with van der Waals surface area (Å²) in [5.41, 5.74) is 0.701.